The fourth-order valence-electron chi connectivity index (χ4n) is 11.0. The van der Waals surface area contributed by atoms with Crippen molar-refractivity contribution in [2.75, 3.05) is 13.2 Å². The van der Waals surface area contributed by atoms with E-state index in [0.29, 0.717) is 48.0 Å². The highest BCUT2D eigenvalue weighted by atomic mass is 19.1. The first-order chi connectivity index (χ1) is 32.9. The van der Waals surface area contributed by atoms with Crippen LogP contribution in [0.4, 0.5) is 8.78 Å². The molecular formula is C56H60F2N6O4. The number of nitrogens with one attached hydrogen (secondary N) is 2. The summed E-state index contributed by atoms with van der Waals surface area (Å²) >= 11 is 0. The molecule has 4 aromatic heterocycles. The van der Waals surface area contributed by atoms with Gasteiger partial charge in [0.2, 0.25) is 0 Å². The quantitative estimate of drug-likeness (QED) is 0.129. The summed E-state index contributed by atoms with van der Waals surface area (Å²) in [5.41, 5.74) is 10.5. The van der Waals surface area contributed by atoms with Crippen LogP contribution in [0.2, 0.25) is 0 Å². The number of H-pyrrole nitrogens is 2. The third-order valence-electron chi connectivity index (χ3n) is 14.9. The number of hydrogen-bond donors (Lipinski definition) is 2. The molecule has 10 rings (SSSR count). The lowest BCUT2D eigenvalue weighted by Gasteiger charge is -2.32. The van der Waals surface area contributed by atoms with E-state index in [2.05, 4.69) is 45.9 Å². The number of rotatable bonds is 10. The second kappa shape index (κ2) is 20.0. The largest absolute Gasteiger partial charge is 0.462 e. The van der Waals surface area contributed by atoms with Crippen LogP contribution in [-0.2, 0) is 9.47 Å². The van der Waals surface area contributed by atoms with Gasteiger partial charge in [-0.15, -0.1) is 0 Å². The predicted octanol–water partition coefficient (Wildman–Crippen LogP) is 13.6. The summed E-state index contributed by atoms with van der Waals surface area (Å²) < 4.78 is 38.2. The molecule has 2 aliphatic rings. The molecule has 12 heteroatoms. The third kappa shape index (κ3) is 9.60. The number of aryl methyl sites for hydroxylation is 2. The number of carbonyl (C=O) groups excluding carboxylic acids is 2. The lowest BCUT2D eigenvalue weighted by molar-refractivity contribution is 0.0516. The van der Waals surface area contributed by atoms with Crippen LogP contribution in [0.25, 0.3) is 43.9 Å². The Hall–Kier alpha value is -6.56. The van der Waals surface area contributed by atoms with Gasteiger partial charge in [-0.05, 0) is 198 Å². The number of nitrogens with zero attached hydrogens (tertiary/aromatic N) is 4. The highest BCUT2D eigenvalue weighted by molar-refractivity contribution is 5.96. The summed E-state index contributed by atoms with van der Waals surface area (Å²) in [6.45, 7) is 12.6. The minimum atomic E-state index is -0.304. The summed E-state index contributed by atoms with van der Waals surface area (Å²) in [7, 11) is 0. The van der Waals surface area contributed by atoms with E-state index in [0.717, 1.165) is 118 Å². The standard InChI is InChI=1S/2C28H30FN3O2/c2*1-4-34-28(33)22-15-26-25(13-16(22)2)31-27(32-26)17(3)18-5-7-19(8-6-18)21-11-12-30-24-10-9-20(29)14-23(21)24/h2*9-15,17-19H,4-8H2,1-3H3,(H,31,32)/t2*17-,18?,19?/m10/s1. The summed E-state index contributed by atoms with van der Waals surface area (Å²) in [6.07, 6.45) is 12.3. The maximum atomic E-state index is 13.9. The van der Waals surface area contributed by atoms with E-state index < -0.39 is 0 Å². The monoisotopic (exact) mass is 918 g/mol. The molecule has 2 atom stereocenters. The van der Waals surface area contributed by atoms with Crippen LogP contribution >= 0.6 is 0 Å². The number of hydrogen-bond acceptors (Lipinski definition) is 8. The molecule has 0 radical (unpaired) electrons. The average molecular weight is 919 g/mol. The van der Waals surface area contributed by atoms with E-state index in [4.69, 9.17) is 19.4 Å². The van der Waals surface area contributed by atoms with Crippen molar-refractivity contribution < 1.29 is 27.8 Å². The zero-order valence-electron chi connectivity index (χ0n) is 39.8. The molecule has 2 aliphatic carbocycles. The van der Waals surface area contributed by atoms with Gasteiger partial charge in [0.25, 0.3) is 0 Å². The SMILES string of the molecule is CCOC(=O)c1cc2nc([C@@H](C)C3CCC(c4ccnc5ccc(F)cc45)CC3)[nH]c2cc1C.CCOC(=O)c1cc2nc([C@H](C)C3CCC(c4ccnc5ccc(F)cc45)CC3)[nH]c2cc1C. The number of imidazole rings is 2. The number of fused-ring (bicyclic) bond motifs is 4. The van der Waals surface area contributed by atoms with Crippen molar-refractivity contribution in [1.82, 2.24) is 29.9 Å². The van der Waals surface area contributed by atoms with Crippen molar-refractivity contribution in [3.8, 4) is 0 Å². The van der Waals surface area contributed by atoms with Gasteiger partial charge in [0.05, 0.1) is 57.4 Å². The number of esters is 2. The average Bonchev–Trinajstić information content (AvgIpc) is 3.96. The molecule has 10 nitrogen and oxygen atoms in total. The summed E-state index contributed by atoms with van der Waals surface area (Å²) in [5, 5.41) is 1.87. The van der Waals surface area contributed by atoms with E-state index in [1.54, 1.807) is 24.3 Å². The first kappa shape index (κ1) is 46.5. The lowest BCUT2D eigenvalue weighted by Crippen LogP contribution is -2.19. The molecule has 2 N–H and O–H groups in total. The van der Waals surface area contributed by atoms with Crippen LogP contribution in [0.5, 0.6) is 0 Å². The number of aromatic amines is 2. The second-order valence-corrected chi connectivity index (χ2v) is 19.0. The zero-order valence-corrected chi connectivity index (χ0v) is 39.8. The molecule has 2 saturated carbocycles. The van der Waals surface area contributed by atoms with Crippen molar-refractivity contribution in [2.45, 2.75) is 117 Å². The third-order valence-corrected chi connectivity index (χ3v) is 14.9. The highest BCUT2D eigenvalue weighted by Gasteiger charge is 2.31. The Kier molecular flexibility index (Phi) is 13.7. The van der Waals surface area contributed by atoms with Crippen molar-refractivity contribution in [3.05, 3.63) is 142 Å². The fraction of sp³-hybridized carbons (Fsp3) is 0.393. The van der Waals surface area contributed by atoms with Gasteiger partial charge in [-0.2, -0.15) is 0 Å². The number of aromatic nitrogens is 6. The molecule has 0 bridgehead atoms. The van der Waals surface area contributed by atoms with E-state index in [1.807, 2.05) is 64.4 Å². The molecule has 4 aromatic carbocycles. The Morgan fingerprint density at radius 1 is 0.574 bits per heavy atom. The van der Waals surface area contributed by atoms with Crippen molar-refractivity contribution in [2.24, 2.45) is 11.8 Å². The van der Waals surface area contributed by atoms with Gasteiger partial charge in [0.15, 0.2) is 0 Å². The minimum absolute atomic E-state index is 0.213. The number of carbonyl (C=O) groups is 2. The first-order valence-electron chi connectivity index (χ1n) is 24.3. The lowest BCUT2D eigenvalue weighted by atomic mass is 9.73. The molecule has 0 aliphatic heterocycles. The Morgan fingerprint density at radius 2 is 0.971 bits per heavy atom. The van der Waals surface area contributed by atoms with Crippen LogP contribution in [0.3, 0.4) is 0 Å². The Morgan fingerprint density at radius 3 is 1.35 bits per heavy atom. The summed E-state index contributed by atoms with van der Waals surface area (Å²) in [4.78, 5) is 50.0. The Labute approximate surface area is 395 Å². The van der Waals surface area contributed by atoms with Crippen LogP contribution in [0.15, 0.2) is 85.2 Å². The number of ether oxygens (including phenoxy) is 2. The van der Waals surface area contributed by atoms with Gasteiger partial charge >= 0.3 is 11.9 Å². The second-order valence-electron chi connectivity index (χ2n) is 19.0. The molecule has 68 heavy (non-hydrogen) atoms. The van der Waals surface area contributed by atoms with Gasteiger partial charge in [-0.25, -0.2) is 28.3 Å². The van der Waals surface area contributed by atoms with Gasteiger partial charge in [-0.3, -0.25) is 9.97 Å². The highest BCUT2D eigenvalue weighted by Crippen LogP contribution is 2.45. The smallest absolute Gasteiger partial charge is 0.338 e. The maximum absolute atomic E-state index is 13.9. The first-order valence-corrected chi connectivity index (χ1v) is 24.3. The van der Waals surface area contributed by atoms with E-state index in [-0.39, 0.29) is 35.4 Å². The zero-order chi connectivity index (χ0) is 47.6. The molecule has 0 unspecified atom stereocenters. The Bertz CT molecular complexity index is 2920. The van der Waals surface area contributed by atoms with Crippen molar-refractivity contribution in [3.63, 3.8) is 0 Å². The Balaban J connectivity index is 0.000000170. The van der Waals surface area contributed by atoms with Gasteiger partial charge < -0.3 is 19.4 Å². The molecule has 0 amide bonds. The fourth-order valence-corrected chi connectivity index (χ4v) is 11.0. The van der Waals surface area contributed by atoms with Crippen LogP contribution in [-0.4, -0.2) is 55.1 Å². The number of pyridine rings is 2. The number of benzene rings is 4. The number of halogens is 2. The summed E-state index contributed by atoms with van der Waals surface area (Å²) in [5.74, 6) is 3.35. The minimum Gasteiger partial charge on any atom is -0.462 e. The van der Waals surface area contributed by atoms with Gasteiger partial charge in [0.1, 0.15) is 23.3 Å². The van der Waals surface area contributed by atoms with Crippen LogP contribution in [0, 0.1) is 37.3 Å². The van der Waals surface area contributed by atoms with Gasteiger partial charge in [0, 0.05) is 35.0 Å². The summed E-state index contributed by atoms with van der Waals surface area (Å²) in [6, 6.07) is 21.4. The normalized spacial score (nSPS) is 19.4. The van der Waals surface area contributed by atoms with E-state index >= 15 is 0 Å². The molecular weight excluding hydrogens is 859 g/mol. The van der Waals surface area contributed by atoms with Crippen LogP contribution in [0.1, 0.15) is 157 Å². The molecule has 2 fully saturated rings. The maximum Gasteiger partial charge on any atom is 0.338 e. The molecule has 0 spiro atoms. The molecule has 0 saturated heterocycles. The van der Waals surface area contributed by atoms with E-state index in [1.165, 1.54) is 23.3 Å². The van der Waals surface area contributed by atoms with Gasteiger partial charge in [-0.1, -0.05) is 13.8 Å². The molecule has 8 aromatic rings. The molecule has 4 heterocycles. The predicted molar refractivity (Wildman–Crippen MR) is 263 cm³/mol. The van der Waals surface area contributed by atoms with E-state index in [9.17, 15) is 18.4 Å². The van der Waals surface area contributed by atoms with Crippen LogP contribution < -0.4 is 0 Å². The molecule has 352 valence electrons. The van der Waals surface area contributed by atoms with Crippen molar-refractivity contribution in [1.29, 1.82) is 0 Å². The van der Waals surface area contributed by atoms with Crippen molar-refractivity contribution >= 4 is 55.8 Å². The topological polar surface area (TPSA) is 136 Å².